The number of benzene rings is 2. The minimum absolute atomic E-state index is 0.0883. The van der Waals surface area contributed by atoms with E-state index in [9.17, 15) is 9.59 Å². The van der Waals surface area contributed by atoms with Crippen LogP contribution < -0.4 is 20.7 Å². The predicted molar refractivity (Wildman–Crippen MR) is 124 cm³/mol. The average Bonchev–Trinajstić information content (AvgIpc) is 2.60. The lowest BCUT2D eigenvalue weighted by atomic mass is 9.95. The Kier molecular flexibility index (Phi) is 7.36. The van der Waals surface area contributed by atoms with Crippen molar-refractivity contribution in [3.8, 4) is 5.75 Å². The number of hydrogen-bond acceptors (Lipinski definition) is 4. The molecule has 8 heteroatoms. The van der Waals surface area contributed by atoms with Crippen LogP contribution in [0.25, 0.3) is 0 Å². The van der Waals surface area contributed by atoms with E-state index >= 15 is 0 Å². The van der Waals surface area contributed by atoms with Gasteiger partial charge < -0.3 is 15.4 Å². The Morgan fingerprint density at radius 3 is 2.25 bits per heavy atom. The lowest BCUT2D eigenvalue weighted by molar-refractivity contribution is -0.123. The molecule has 0 radical (unpaired) electrons. The molecule has 3 N–H and O–H groups in total. The standard InChI is InChI=1S/C20H22IN3O3S/c1-20(2,3)18(26)22-13-6-5-7-14(11-13)23-19(28)24-17(25)12-8-9-16(27-4)15(21)10-12/h5-11H,1-4H3,(H,22,26)(H2,23,24,25,28). The fourth-order valence-electron chi connectivity index (χ4n) is 2.14. The molecule has 0 aromatic heterocycles. The number of halogens is 1. The van der Waals surface area contributed by atoms with Gasteiger partial charge >= 0.3 is 0 Å². The maximum Gasteiger partial charge on any atom is 0.257 e. The van der Waals surface area contributed by atoms with Crippen LogP contribution in [0.3, 0.4) is 0 Å². The molecule has 2 rings (SSSR count). The minimum atomic E-state index is -0.497. The van der Waals surface area contributed by atoms with E-state index in [0.717, 1.165) is 3.57 Å². The molecule has 28 heavy (non-hydrogen) atoms. The van der Waals surface area contributed by atoms with Crippen LogP contribution in [0.15, 0.2) is 42.5 Å². The Balaban J connectivity index is 2.01. The summed E-state index contributed by atoms with van der Waals surface area (Å²) in [7, 11) is 1.58. The van der Waals surface area contributed by atoms with Gasteiger partial charge in [0.15, 0.2) is 5.11 Å². The Bertz CT molecular complexity index is 910. The fraction of sp³-hybridized carbons (Fsp3) is 0.250. The molecular weight excluding hydrogens is 489 g/mol. The number of hydrogen-bond donors (Lipinski definition) is 3. The van der Waals surface area contributed by atoms with Crippen molar-refractivity contribution in [3.05, 3.63) is 51.6 Å². The van der Waals surface area contributed by atoms with E-state index in [1.54, 1.807) is 49.6 Å². The van der Waals surface area contributed by atoms with Crippen LogP contribution in [0.2, 0.25) is 0 Å². The lowest BCUT2D eigenvalue weighted by Gasteiger charge is -2.18. The van der Waals surface area contributed by atoms with E-state index in [-0.39, 0.29) is 16.9 Å². The molecule has 0 saturated heterocycles. The van der Waals surface area contributed by atoms with Crippen molar-refractivity contribution in [2.45, 2.75) is 20.8 Å². The molecule has 0 unspecified atom stereocenters. The predicted octanol–water partition coefficient (Wildman–Crippen LogP) is 4.41. The second kappa shape index (κ2) is 9.33. The van der Waals surface area contributed by atoms with Crippen molar-refractivity contribution in [3.63, 3.8) is 0 Å². The number of ether oxygens (including phenoxy) is 1. The monoisotopic (exact) mass is 511 g/mol. The van der Waals surface area contributed by atoms with E-state index in [1.165, 1.54) is 0 Å². The first-order valence-corrected chi connectivity index (χ1v) is 9.96. The second-order valence-corrected chi connectivity index (χ2v) is 8.61. The second-order valence-electron chi connectivity index (χ2n) is 7.04. The molecule has 2 aromatic carbocycles. The number of amides is 2. The van der Waals surface area contributed by atoms with Gasteiger partial charge in [-0.25, -0.2) is 0 Å². The van der Waals surface area contributed by atoms with E-state index in [1.807, 2.05) is 20.8 Å². The summed E-state index contributed by atoms with van der Waals surface area (Å²) in [6.45, 7) is 5.53. The normalized spacial score (nSPS) is 10.8. The van der Waals surface area contributed by atoms with Crippen LogP contribution in [0.5, 0.6) is 5.75 Å². The molecule has 0 spiro atoms. The zero-order valence-corrected chi connectivity index (χ0v) is 19.0. The van der Waals surface area contributed by atoms with Crippen molar-refractivity contribution in [2.75, 3.05) is 17.7 Å². The molecule has 0 saturated carbocycles. The fourth-order valence-corrected chi connectivity index (χ4v) is 3.08. The third-order valence-electron chi connectivity index (χ3n) is 3.70. The Hall–Kier alpha value is -2.20. The van der Waals surface area contributed by atoms with Gasteiger partial charge in [-0.1, -0.05) is 26.8 Å². The van der Waals surface area contributed by atoms with Gasteiger partial charge in [0.05, 0.1) is 10.7 Å². The highest BCUT2D eigenvalue weighted by molar-refractivity contribution is 14.1. The summed E-state index contributed by atoms with van der Waals surface area (Å²) in [6.07, 6.45) is 0. The summed E-state index contributed by atoms with van der Waals surface area (Å²) in [4.78, 5) is 24.5. The van der Waals surface area contributed by atoms with Crippen LogP contribution in [0.1, 0.15) is 31.1 Å². The molecule has 0 atom stereocenters. The van der Waals surface area contributed by atoms with Crippen molar-refractivity contribution in [1.29, 1.82) is 0 Å². The van der Waals surface area contributed by atoms with Gasteiger partial charge in [-0.05, 0) is 71.2 Å². The highest BCUT2D eigenvalue weighted by Crippen LogP contribution is 2.22. The highest BCUT2D eigenvalue weighted by atomic mass is 127. The number of thiocarbonyl (C=S) groups is 1. The molecular formula is C20H22IN3O3S. The van der Waals surface area contributed by atoms with Gasteiger partial charge in [0.25, 0.3) is 5.91 Å². The van der Waals surface area contributed by atoms with Crippen molar-refractivity contribution in [1.82, 2.24) is 5.32 Å². The Labute approximate surface area is 183 Å². The largest absolute Gasteiger partial charge is 0.496 e. The molecule has 2 amide bonds. The summed E-state index contributed by atoms with van der Waals surface area (Å²) in [6, 6.07) is 12.2. The zero-order valence-electron chi connectivity index (χ0n) is 16.1. The zero-order chi connectivity index (χ0) is 20.9. The third kappa shape index (κ3) is 6.16. The number of carbonyl (C=O) groups excluding carboxylic acids is 2. The number of carbonyl (C=O) groups is 2. The molecule has 0 bridgehead atoms. The number of rotatable bonds is 4. The van der Waals surface area contributed by atoms with Gasteiger partial charge in [-0.15, -0.1) is 0 Å². The van der Waals surface area contributed by atoms with E-state index < -0.39 is 5.41 Å². The molecule has 6 nitrogen and oxygen atoms in total. The Morgan fingerprint density at radius 2 is 1.68 bits per heavy atom. The summed E-state index contributed by atoms with van der Waals surface area (Å²) in [5.74, 6) is 0.289. The Morgan fingerprint density at radius 1 is 1.04 bits per heavy atom. The highest BCUT2D eigenvalue weighted by Gasteiger charge is 2.21. The minimum Gasteiger partial charge on any atom is -0.496 e. The number of methoxy groups -OCH3 is 1. The maximum atomic E-state index is 12.4. The lowest BCUT2D eigenvalue weighted by Crippen LogP contribution is -2.34. The quantitative estimate of drug-likeness (QED) is 0.419. The molecule has 0 aliphatic carbocycles. The summed E-state index contributed by atoms with van der Waals surface area (Å²) in [5, 5.41) is 8.62. The molecule has 148 valence electrons. The molecule has 0 fully saturated rings. The first-order chi connectivity index (χ1) is 13.1. The third-order valence-corrected chi connectivity index (χ3v) is 4.75. The SMILES string of the molecule is COc1ccc(C(=O)NC(=S)Nc2cccc(NC(=O)C(C)(C)C)c2)cc1I. The first kappa shape index (κ1) is 22.1. The van der Waals surface area contributed by atoms with Crippen molar-refractivity contribution >= 4 is 63.1 Å². The van der Waals surface area contributed by atoms with E-state index in [4.69, 9.17) is 17.0 Å². The topological polar surface area (TPSA) is 79.5 Å². The van der Waals surface area contributed by atoms with Crippen LogP contribution in [0.4, 0.5) is 11.4 Å². The maximum absolute atomic E-state index is 12.4. The van der Waals surface area contributed by atoms with E-state index in [2.05, 4.69) is 38.5 Å². The summed E-state index contributed by atoms with van der Waals surface area (Å²) < 4.78 is 6.02. The van der Waals surface area contributed by atoms with Gasteiger partial charge in [-0.3, -0.25) is 14.9 Å². The average molecular weight is 511 g/mol. The summed E-state index contributed by atoms with van der Waals surface area (Å²) in [5.41, 5.74) is 1.27. The van der Waals surface area contributed by atoms with Crippen molar-refractivity contribution < 1.29 is 14.3 Å². The number of anilines is 2. The van der Waals surface area contributed by atoms with Gasteiger partial charge in [0, 0.05) is 22.4 Å². The van der Waals surface area contributed by atoms with E-state index in [0.29, 0.717) is 22.7 Å². The molecule has 2 aromatic rings. The van der Waals surface area contributed by atoms with Crippen LogP contribution in [0, 0.1) is 8.99 Å². The molecule has 0 aliphatic rings. The first-order valence-electron chi connectivity index (χ1n) is 8.47. The van der Waals surface area contributed by atoms with Crippen molar-refractivity contribution in [2.24, 2.45) is 5.41 Å². The van der Waals surface area contributed by atoms with Gasteiger partial charge in [0.2, 0.25) is 5.91 Å². The van der Waals surface area contributed by atoms with Gasteiger partial charge in [-0.2, -0.15) is 0 Å². The smallest absolute Gasteiger partial charge is 0.257 e. The van der Waals surface area contributed by atoms with Crippen LogP contribution in [-0.4, -0.2) is 24.0 Å². The van der Waals surface area contributed by atoms with Crippen LogP contribution >= 0.6 is 34.8 Å². The molecule has 0 aliphatic heterocycles. The van der Waals surface area contributed by atoms with Gasteiger partial charge in [0.1, 0.15) is 5.75 Å². The molecule has 0 heterocycles. The van der Waals surface area contributed by atoms with Crippen LogP contribution in [-0.2, 0) is 4.79 Å². The number of nitrogens with one attached hydrogen (secondary N) is 3. The summed E-state index contributed by atoms with van der Waals surface area (Å²) >= 11 is 7.33.